The van der Waals surface area contributed by atoms with Crippen LogP contribution in [0, 0.1) is 0 Å². The molecule has 8 heteroatoms. The lowest BCUT2D eigenvalue weighted by Gasteiger charge is -2.38. The predicted molar refractivity (Wildman–Crippen MR) is 72.5 cm³/mol. The number of nitrogens with zero attached hydrogens (tertiary/aromatic N) is 3. The number of aromatic nitrogens is 2. The summed E-state index contributed by atoms with van der Waals surface area (Å²) in [5.41, 5.74) is 0. The zero-order valence-corrected chi connectivity index (χ0v) is 11.7. The number of hydrogen-bond acceptors (Lipinski definition) is 6. The van der Waals surface area contributed by atoms with E-state index in [4.69, 9.17) is 8.94 Å². The summed E-state index contributed by atoms with van der Waals surface area (Å²) in [6, 6.07) is 3.13. The van der Waals surface area contributed by atoms with Gasteiger partial charge in [0.25, 0.3) is 0 Å². The van der Waals surface area contributed by atoms with Gasteiger partial charge in [0.1, 0.15) is 6.04 Å². The lowest BCUT2D eigenvalue weighted by Crippen LogP contribution is -2.54. The van der Waals surface area contributed by atoms with E-state index in [1.54, 1.807) is 23.3 Å². The van der Waals surface area contributed by atoms with Crippen molar-refractivity contribution in [1.82, 2.24) is 20.4 Å². The molecule has 2 fully saturated rings. The number of carbonyl (C=O) groups is 2. The molecular formula is C14H14N4O4. The summed E-state index contributed by atoms with van der Waals surface area (Å²) in [7, 11) is 0. The number of carbonyl (C=O) groups excluding carboxylic acids is 2. The van der Waals surface area contributed by atoms with Gasteiger partial charge in [0.2, 0.25) is 23.5 Å². The van der Waals surface area contributed by atoms with Crippen molar-refractivity contribution in [1.29, 1.82) is 0 Å². The van der Waals surface area contributed by atoms with Crippen LogP contribution in [0.4, 0.5) is 0 Å². The first-order valence-electron chi connectivity index (χ1n) is 7.16. The minimum Gasteiger partial charge on any atom is -0.461 e. The second-order valence-corrected chi connectivity index (χ2v) is 5.53. The Hall–Kier alpha value is -2.64. The molecule has 1 unspecified atom stereocenters. The van der Waals surface area contributed by atoms with Gasteiger partial charge >= 0.3 is 0 Å². The van der Waals surface area contributed by atoms with Crippen LogP contribution in [0.5, 0.6) is 0 Å². The molecule has 0 spiro atoms. The highest BCUT2D eigenvalue weighted by Crippen LogP contribution is 2.28. The average molecular weight is 302 g/mol. The van der Waals surface area contributed by atoms with Crippen molar-refractivity contribution in [2.24, 2.45) is 0 Å². The van der Waals surface area contributed by atoms with Crippen molar-refractivity contribution < 1.29 is 18.5 Å². The summed E-state index contributed by atoms with van der Waals surface area (Å²) in [6.07, 6.45) is 2.54. The number of furan rings is 1. The molecule has 0 bridgehead atoms. The molecule has 2 saturated heterocycles. The van der Waals surface area contributed by atoms with E-state index in [2.05, 4.69) is 15.5 Å². The Labute approximate surface area is 125 Å². The highest BCUT2D eigenvalue weighted by Gasteiger charge is 2.40. The largest absolute Gasteiger partial charge is 0.461 e. The zero-order valence-electron chi connectivity index (χ0n) is 11.7. The van der Waals surface area contributed by atoms with E-state index in [0.717, 1.165) is 0 Å². The van der Waals surface area contributed by atoms with Crippen molar-refractivity contribution in [3.05, 3.63) is 24.3 Å². The fraction of sp³-hybridized carbons (Fsp3) is 0.429. The SMILES string of the molecule is O=C1CCC(C(=O)N2CC(c3nc(-c4ccco4)no3)C2)N1. The number of amides is 2. The third-order valence-electron chi connectivity index (χ3n) is 4.02. The molecule has 2 aromatic heterocycles. The molecule has 2 aliphatic rings. The van der Waals surface area contributed by atoms with Crippen LogP contribution in [0.1, 0.15) is 24.7 Å². The van der Waals surface area contributed by atoms with Crippen molar-refractivity contribution in [3.63, 3.8) is 0 Å². The topological polar surface area (TPSA) is 101 Å². The molecule has 2 amide bonds. The Balaban J connectivity index is 1.37. The summed E-state index contributed by atoms with van der Waals surface area (Å²) < 4.78 is 10.4. The third-order valence-corrected chi connectivity index (χ3v) is 4.02. The van der Waals surface area contributed by atoms with Crippen LogP contribution in [0.15, 0.2) is 27.3 Å². The molecule has 1 atom stereocenters. The summed E-state index contributed by atoms with van der Waals surface area (Å²) >= 11 is 0. The molecule has 2 aromatic rings. The highest BCUT2D eigenvalue weighted by atomic mass is 16.5. The van der Waals surface area contributed by atoms with Crippen molar-refractivity contribution >= 4 is 11.8 Å². The van der Waals surface area contributed by atoms with Crippen molar-refractivity contribution in [2.45, 2.75) is 24.8 Å². The standard InChI is InChI=1S/C14H14N4O4/c19-11-4-3-9(15-11)14(20)18-6-8(7-18)13-16-12(17-22-13)10-2-1-5-21-10/h1-2,5,8-9H,3-4,6-7H2,(H,15,19). The smallest absolute Gasteiger partial charge is 0.245 e. The van der Waals surface area contributed by atoms with Gasteiger partial charge in [0.15, 0.2) is 5.76 Å². The minimum atomic E-state index is -0.380. The van der Waals surface area contributed by atoms with Gasteiger partial charge in [-0.05, 0) is 18.6 Å². The van der Waals surface area contributed by atoms with Crippen molar-refractivity contribution in [3.8, 4) is 11.6 Å². The maximum absolute atomic E-state index is 12.2. The predicted octanol–water partition coefficient (Wildman–Crippen LogP) is 0.534. The lowest BCUT2D eigenvalue weighted by molar-refractivity contribution is -0.138. The average Bonchev–Trinajstić information content (AvgIpc) is 3.17. The quantitative estimate of drug-likeness (QED) is 0.887. The Morgan fingerprint density at radius 2 is 2.27 bits per heavy atom. The number of likely N-dealkylation sites (tertiary alicyclic amines) is 1. The van der Waals surface area contributed by atoms with Crippen LogP contribution < -0.4 is 5.32 Å². The van der Waals surface area contributed by atoms with Gasteiger partial charge in [-0.3, -0.25) is 9.59 Å². The number of hydrogen-bond donors (Lipinski definition) is 1. The summed E-state index contributed by atoms with van der Waals surface area (Å²) in [4.78, 5) is 29.3. The van der Waals surface area contributed by atoms with Crippen LogP contribution >= 0.6 is 0 Å². The number of rotatable bonds is 3. The molecule has 0 radical (unpaired) electrons. The molecular weight excluding hydrogens is 288 g/mol. The van der Waals surface area contributed by atoms with Crippen molar-refractivity contribution in [2.75, 3.05) is 13.1 Å². The van der Waals surface area contributed by atoms with Crippen LogP contribution in [0.3, 0.4) is 0 Å². The van der Waals surface area contributed by atoms with Gasteiger partial charge in [-0.15, -0.1) is 0 Å². The van der Waals surface area contributed by atoms with Gasteiger partial charge in [-0.25, -0.2) is 0 Å². The maximum Gasteiger partial charge on any atom is 0.245 e. The van der Waals surface area contributed by atoms with Crippen LogP contribution in [-0.2, 0) is 9.59 Å². The second-order valence-electron chi connectivity index (χ2n) is 5.53. The molecule has 0 saturated carbocycles. The molecule has 4 heterocycles. The molecule has 4 rings (SSSR count). The molecule has 2 aliphatic heterocycles. The molecule has 0 aromatic carbocycles. The van der Waals surface area contributed by atoms with E-state index in [1.165, 1.54) is 0 Å². The number of nitrogens with one attached hydrogen (secondary N) is 1. The summed E-state index contributed by atoms with van der Waals surface area (Å²) in [5.74, 6) is 1.41. The Morgan fingerprint density at radius 3 is 2.95 bits per heavy atom. The lowest BCUT2D eigenvalue weighted by atomic mass is 9.98. The van der Waals surface area contributed by atoms with E-state index >= 15 is 0 Å². The second kappa shape index (κ2) is 4.97. The Bertz CT molecular complexity index is 702. The van der Waals surface area contributed by atoms with Gasteiger partial charge in [0, 0.05) is 19.5 Å². The van der Waals surface area contributed by atoms with Gasteiger partial charge in [-0.1, -0.05) is 5.16 Å². The maximum atomic E-state index is 12.2. The molecule has 1 N–H and O–H groups in total. The van der Waals surface area contributed by atoms with Gasteiger partial charge in [0.05, 0.1) is 12.2 Å². The van der Waals surface area contributed by atoms with E-state index in [1.807, 2.05) is 0 Å². The monoisotopic (exact) mass is 302 g/mol. The fourth-order valence-corrected chi connectivity index (χ4v) is 2.74. The molecule has 114 valence electrons. The van der Waals surface area contributed by atoms with Gasteiger partial charge < -0.3 is 19.2 Å². The summed E-state index contributed by atoms with van der Waals surface area (Å²) in [6.45, 7) is 1.07. The van der Waals surface area contributed by atoms with Crippen LogP contribution in [0.2, 0.25) is 0 Å². The Kier molecular flexibility index (Phi) is 2.95. The Morgan fingerprint density at radius 1 is 1.41 bits per heavy atom. The first-order chi connectivity index (χ1) is 10.7. The third kappa shape index (κ3) is 2.16. The highest BCUT2D eigenvalue weighted by molar-refractivity contribution is 5.91. The minimum absolute atomic E-state index is 0.0344. The first-order valence-corrected chi connectivity index (χ1v) is 7.16. The zero-order chi connectivity index (χ0) is 15.1. The van der Waals surface area contributed by atoms with Crippen LogP contribution in [0.25, 0.3) is 11.6 Å². The normalized spacial score (nSPS) is 21.7. The van der Waals surface area contributed by atoms with E-state index in [0.29, 0.717) is 43.4 Å². The van der Waals surface area contributed by atoms with Gasteiger partial charge in [-0.2, -0.15) is 4.98 Å². The molecule has 8 nitrogen and oxygen atoms in total. The first kappa shape index (κ1) is 13.1. The fourth-order valence-electron chi connectivity index (χ4n) is 2.74. The summed E-state index contributed by atoms with van der Waals surface area (Å²) in [5, 5.41) is 6.56. The van der Waals surface area contributed by atoms with E-state index in [9.17, 15) is 9.59 Å². The molecule has 22 heavy (non-hydrogen) atoms. The van der Waals surface area contributed by atoms with E-state index < -0.39 is 0 Å². The molecule has 0 aliphatic carbocycles. The van der Waals surface area contributed by atoms with E-state index in [-0.39, 0.29) is 23.8 Å². The van der Waals surface area contributed by atoms with Crippen LogP contribution in [-0.4, -0.2) is 46.0 Å².